The molecule has 0 N–H and O–H groups in total. The Hall–Kier alpha value is -5.59. The highest BCUT2D eigenvalue weighted by molar-refractivity contribution is 6.29. The van der Waals surface area contributed by atoms with Crippen molar-refractivity contribution < 1.29 is 14.3 Å². The van der Waals surface area contributed by atoms with Crippen molar-refractivity contribution >= 4 is 28.7 Å². The van der Waals surface area contributed by atoms with Gasteiger partial charge in [0.15, 0.2) is 6.29 Å². The predicted octanol–water partition coefficient (Wildman–Crippen LogP) is 7.82. The van der Waals surface area contributed by atoms with Gasteiger partial charge in [0.1, 0.15) is 11.8 Å². The third kappa shape index (κ3) is 5.48. The molecule has 0 amide bonds. The Morgan fingerprint density at radius 1 is 0.776 bits per heavy atom. The standard InChI is InChI=1S/C43H39N3O3/c1-42(2)41(38(48)29-47)46(30-45(42)28-31-26-27-44-37-20-13-21-39(49-3)40(31)37)36-24-22-35(23-25-36)43(32-14-7-4-8-15-32,33-16-9-5-10-17-33)34-18-11-6-12-19-34/h4-27,29,41H,28,30H2,1-3H3. The first-order valence-electron chi connectivity index (χ1n) is 16.6. The zero-order chi connectivity index (χ0) is 34.0. The fraction of sp³-hybridized carbons (Fsp3) is 0.186. The van der Waals surface area contributed by atoms with Crippen LogP contribution in [0, 0.1) is 0 Å². The number of ketones is 1. The van der Waals surface area contributed by atoms with Gasteiger partial charge in [-0.2, -0.15) is 0 Å². The van der Waals surface area contributed by atoms with Gasteiger partial charge in [0.05, 0.1) is 24.7 Å². The van der Waals surface area contributed by atoms with Gasteiger partial charge in [-0.1, -0.05) is 109 Å². The predicted molar refractivity (Wildman–Crippen MR) is 195 cm³/mol. The van der Waals surface area contributed by atoms with Crippen LogP contribution in [-0.4, -0.2) is 47.3 Å². The Labute approximate surface area is 287 Å². The molecule has 0 spiro atoms. The van der Waals surface area contributed by atoms with Crippen molar-refractivity contribution in [3.05, 3.63) is 174 Å². The first-order chi connectivity index (χ1) is 23.9. The number of benzene rings is 5. The van der Waals surface area contributed by atoms with E-state index in [0.29, 0.717) is 19.5 Å². The average Bonchev–Trinajstić information content (AvgIpc) is 3.42. The Morgan fingerprint density at radius 2 is 1.33 bits per heavy atom. The summed E-state index contributed by atoms with van der Waals surface area (Å²) in [5.74, 6) is 0.310. The minimum atomic E-state index is -0.673. The maximum atomic E-state index is 13.4. The number of ether oxygens (including phenoxy) is 1. The topological polar surface area (TPSA) is 62.7 Å². The lowest BCUT2D eigenvalue weighted by atomic mass is 9.65. The smallest absolute Gasteiger partial charge is 0.219 e. The number of pyridine rings is 1. The third-order valence-electron chi connectivity index (χ3n) is 10.2. The van der Waals surface area contributed by atoms with Gasteiger partial charge in [-0.3, -0.25) is 19.5 Å². The fourth-order valence-electron chi connectivity index (χ4n) is 7.77. The molecule has 1 unspecified atom stereocenters. The Bertz CT molecular complexity index is 1980. The quantitative estimate of drug-likeness (QED) is 0.0860. The van der Waals surface area contributed by atoms with Crippen molar-refractivity contribution in [3.8, 4) is 5.75 Å². The lowest BCUT2D eigenvalue weighted by Gasteiger charge is -2.37. The molecule has 1 saturated heterocycles. The van der Waals surface area contributed by atoms with Crippen LogP contribution in [0.2, 0.25) is 0 Å². The molecule has 1 aliphatic rings. The molecule has 0 aliphatic carbocycles. The monoisotopic (exact) mass is 645 g/mol. The van der Waals surface area contributed by atoms with E-state index < -0.39 is 22.8 Å². The van der Waals surface area contributed by atoms with E-state index in [2.05, 4.69) is 112 Å². The molecule has 1 aromatic heterocycles. The molecule has 6 heteroatoms. The van der Waals surface area contributed by atoms with Crippen molar-refractivity contribution in [3.63, 3.8) is 0 Å². The first-order valence-corrected chi connectivity index (χ1v) is 16.6. The summed E-state index contributed by atoms with van der Waals surface area (Å²) in [5, 5.41) is 0.948. The van der Waals surface area contributed by atoms with Crippen LogP contribution in [-0.2, 0) is 21.5 Å². The van der Waals surface area contributed by atoms with Crippen LogP contribution < -0.4 is 9.64 Å². The van der Waals surface area contributed by atoms with Crippen LogP contribution in [0.25, 0.3) is 10.9 Å². The Balaban J connectivity index is 1.32. The number of hydrogen-bond acceptors (Lipinski definition) is 6. The molecule has 7 rings (SSSR count). The van der Waals surface area contributed by atoms with Gasteiger partial charge < -0.3 is 9.64 Å². The van der Waals surface area contributed by atoms with Gasteiger partial charge in [-0.25, -0.2) is 0 Å². The van der Waals surface area contributed by atoms with E-state index in [4.69, 9.17) is 4.74 Å². The summed E-state index contributed by atoms with van der Waals surface area (Å²) in [5.41, 5.74) is 6.09. The van der Waals surface area contributed by atoms with E-state index in [1.54, 1.807) is 7.11 Å². The van der Waals surface area contributed by atoms with E-state index in [-0.39, 0.29) is 0 Å². The molecular weight excluding hydrogens is 606 g/mol. The van der Waals surface area contributed by atoms with Gasteiger partial charge in [0.2, 0.25) is 5.78 Å². The van der Waals surface area contributed by atoms with Crippen LogP contribution in [0.5, 0.6) is 5.75 Å². The summed E-state index contributed by atoms with van der Waals surface area (Å²) in [6.45, 7) is 5.08. The van der Waals surface area contributed by atoms with Crippen molar-refractivity contribution in [1.82, 2.24) is 9.88 Å². The maximum absolute atomic E-state index is 13.4. The summed E-state index contributed by atoms with van der Waals surface area (Å²) in [4.78, 5) is 34.4. The molecule has 0 radical (unpaired) electrons. The molecule has 244 valence electrons. The maximum Gasteiger partial charge on any atom is 0.219 e. The van der Waals surface area contributed by atoms with E-state index in [9.17, 15) is 9.59 Å². The van der Waals surface area contributed by atoms with E-state index in [1.165, 1.54) is 0 Å². The number of hydrogen-bond donors (Lipinski definition) is 0. The second kappa shape index (κ2) is 13.1. The molecule has 1 fully saturated rings. The number of Topliss-reactive ketones (excluding diaryl/α,β-unsaturated/α-hetero) is 1. The SMILES string of the molecule is COc1cccc2nccc(CN3CN(c4ccc(C(c5ccccc5)(c5ccccc5)c5ccccc5)cc4)C(C(=O)C=O)C3(C)C)c12. The molecule has 5 aromatic carbocycles. The molecule has 0 saturated carbocycles. The number of carbonyl (C=O) groups excluding carboxylic acids is 2. The number of methoxy groups -OCH3 is 1. The fourth-order valence-corrected chi connectivity index (χ4v) is 7.77. The largest absolute Gasteiger partial charge is 0.496 e. The van der Waals surface area contributed by atoms with Crippen LogP contribution >= 0.6 is 0 Å². The number of fused-ring (bicyclic) bond motifs is 1. The Kier molecular flexibility index (Phi) is 8.57. The van der Waals surface area contributed by atoms with Gasteiger partial charge >= 0.3 is 0 Å². The summed E-state index contributed by atoms with van der Waals surface area (Å²) in [7, 11) is 1.66. The second-order valence-corrected chi connectivity index (χ2v) is 13.1. The molecule has 6 nitrogen and oxygen atoms in total. The number of carbonyl (C=O) groups is 2. The van der Waals surface area contributed by atoms with Gasteiger partial charge in [-0.05, 0) is 72.0 Å². The highest BCUT2D eigenvalue weighted by atomic mass is 16.5. The summed E-state index contributed by atoms with van der Waals surface area (Å²) in [6.07, 6.45) is 2.27. The molecular formula is C43H39N3O3. The van der Waals surface area contributed by atoms with Gasteiger partial charge in [0, 0.05) is 29.4 Å². The van der Waals surface area contributed by atoms with Gasteiger partial charge in [-0.15, -0.1) is 0 Å². The number of nitrogens with zero attached hydrogens (tertiary/aromatic N) is 3. The average molecular weight is 646 g/mol. The summed E-state index contributed by atoms with van der Waals surface area (Å²) < 4.78 is 5.72. The molecule has 2 heterocycles. The van der Waals surface area contributed by atoms with Crippen LogP contribution in [0.3, 0.4) is 0 Å². The summed E-state index contributed by atoms with van der Waals surface area (Å²) in [6, 6.07) is 47.5. The first kappa shape index (κ1) is 32.0. The lowest BCUT2D eigenvalue weighted by molar-refractivity contribution is -0.131. The van der Waals surface area contributed by atoms with Crippen LogP contribution in [0.15, 0.2) is 146 Å². The highest BCUT2D eigenvalue weighted by Gasteiger charge is 2.50. The highest BCUT2D eigenvalue weighted by Crippen LogP contribution is 2.46. The van der Waals surface area contributed by atoms with Crippen molar-refractivity contribution in [2.75, 3.05) is 18.7 Å². The molecule has 1 aliphatic heterocycles. The second-order valence-electron chi connectivity index (χ2n) is 13.1. The number of rotatable bonds is 10. The number of aldehydes is 1. The van der Waals surface area contributed by atoms with Crippen molar-refractivity contribution in [1.29, 1.82) is 0 Å². The summed E-state index contributed by atoms with van der Waals surface area (Å²) >= 11 is 0. The van der Waals surface area contributed by atoms with Crippen molar-refractivity contribution in [2.45, 2.75) is 37.4 Å². The zero-order valence-corrected chi connectivity index (χ0v) is 28.0. The molecule has 6 aromatic rings. The minimum absolute atomic E-state index is 0.444. The molecule has 0 bridgehead atoms. The lowest BCUT2D eigenvalue weighted by Crippen LogP contribution is -2.51. The van der Waals surface area contributed by atoms with E-state index in [1.807, 2.05) is 62.5 Å². The minimum Gasteiger partial charge on any atom is -0.496 e. The number of aromatic nitrogens is 1. The molecule has 49 heavy (non-hydrogen) atoms. The van der Waals surface area contributed by atoms with Crippen LogP contribution in [0.1, 0.15) is 41.7 Å². The van der Waals surface area contributed by atoms with E-state index >= 15 is 0 Å². The van der Waals surface area contributed by atoms with Crippen molar-refractivity contribution in [2.24, 2.45) is 0 Å². The van der Waals surface area contributed by atoms with E-state index in [0.717, 1.165) is 50.2 Å². The number of anilines is 1. The molecule has 1 atom stereocenters. The normalized spacial score (nSPS) is 16.1. The van der Waals surface area contributed by atoms with Gasteiger partial charge in [0.25, 0.3) is 0 Å². The Morgan fingerprint density at radius 3 is 1.86 bits per heavy atom. The van der Waals surface area contributed by atoms with Crippen LogP contribution in [0.4, 0.5) is 5.69 Å². The third-order valence-corrected chi connectivity index (χ3v) is 10.2. The zero-order valence-electron chi connectivity index (χ0n) is 28.0.